The molecule has 12 heavy (non-hydrogen) atoms. The summed E-state index contributed by atoms with van der Waals surface area (Å²) >= 11 is 0. The highest BCUT2D eigenvalue weighted by atomic mass is 16.5. The third-order valence-electron chi connectivity index (χ3n) is 1.98. The maximum absolute atomic E-state index is 5.69. The number of hydrogen-bond donors (Lipinski definition) is 1. The molecule has 0 saturated carbocycles. The van der Waals surface area contributed by atoms with Gasteiger partial charge in [0, 0.05) is 20.1 Å². The Hall–Kier alpha value is -0.770. The van der Waals surface area contributed by atoms with E-state index in [2.05, 4.69) is 18.8 Å². The molecule has 4 heteroatoms. The van der Waals surface area contributed by atoms with Crippen molar-refractivity contribution >= 4 is 5.96 Å². The fourth-order valence-electron chi connectivity index (χ4n) is 1.35. The highest BCUT2D eigenvalue weighted by Gasteiger charge is 2.27. The number of hydrogen-bond acceptors (Lipinski definition) is 2. The van der Waals surface area contributed by atoms with Crippen LogP contribution in [0.4, 0.5) is 0 Å². The zero-order valence-electron chi connectivity index (χ0n) is 8.00. The Kier molecular flexibility index (Phi) is 2.57. The van der Waals surface area contributed by atoms with Crippen LogP contribution in [0.15, 0.2) is 4.99 Å². The predicted molar refractivity (Wildman–Crippen MR) is 49.2 cm³/mol. The summed E-state index contributed by atoms with van der Waals surface area (Å²) in [5.74, 6) is 0.603. The number of nitrogens with zero attached hydrogens (tertiary/aromatic N) is 2. The molecule has 0 spiro atoms. The van der Waals surface area contributed by atoms with Crippen molar-refractivity contribution in [2.24, 2.45) is 10.7 Å². The number of rotatable bonds is 0. The Bertz CT molecular complexity index is 189. The summed E-state index contributed by atoms with van der Waals surface area (Å²) in [4.78, 5) is 5.99. The Labute approximate surface area is 73.4 Å². The average Bonchev–Trinajstić information content (AvgIpc) is 2.01. The minimum Gasteiger partial charge on any atom is -0.372 e. The molecule has 0 aliphatic carbocycles. The first kappa shape index (κ1) is 9.32. The number of morpholine rings is 1. The molecule has 1 heterocycles. The van der Waals surface area contributed by atoms with E-state index < -0.39 is 0 Å². The van der Waals surface area contributed by atoms with Crippen LogP contribution in [-0.2, 0) is 4.74 Å². The van der Waals surface area contributed by atoms with E-state index in [0.29, 0.717) is 5.96 Å². The summed E-state index contributed by atoms with van der Waals surface area (Å²) in [5, 5.41) is 0. The third-order valence-corrected chi connectivity index (χ3v) is 1.98. The van der Waals surface area contributed by atoms with Crippen molar-refractivity contribution in [2.75, 3.05) is 26.7 Å². The van der Waals surface area contributed by atoms with Crippen LogP contribution >= 0.6 is 0 Å². The van der Waals surface area contributed by atoms with Gasteiger partial charge >= 0.3 is 0 Å². The normalized spacial score (nSPS) is 24.2. The molecule has 0 radical (unpaired) electrons. The number of ether oxygens (including phenoxy) is 1. The van der Waals surface area contributed by atoms with Crippen LogP contribution < -0.4 is 5.73 Å². The van der Waals surface area contributed by atoms with E-state index in [0.717, 1.165) is 19.7 Å². The Balaban J connectivity index is 2.58. The molecule has 0 unspecified atom stereocenters. The molecule has 0 aromatic rings. The van der Waals surface area contributed by atoms with Gasteiger partial charge in [0.05, 0.1) is 12.2 Å². The molecule has 0 bridgehead atoms. The highest BCUT2D eigenvalue weighted by Crippen LogP contribution is 2.15. The molecular weight excluding hydrogens is 154 g/mol. The minimum atomic E-state index is -0.104. The molecule has 1 aliphatic rings. The van der Waals surface area contributed by atoms with E-state index in [9.17, 15) is 0 Å². The highest BCUT2D eigenvalue weighted by molar-refractivity contribution is 5.78. The molecule has 70 valence electrons. The third kappa shape index (κ3) is 2.11. The summed E-state index contributed by atoms with van der Waals surface area (Å²) in [6.07, 6.45) is 0. The first-order valence-corrected chi connectivity index (χ1v) is 4.16. The molecule has 1 fully saturated rings. The topological polar surface area (TPSA) is 50.8 Å². The van der Waals surface area contributed by atoms with E-state index in [1.54, 1.807) is 7.05 Å². The zero-order chi connectivity index (χ0) is 9.19. The van der Waals surface area contributed by atoms with Gasteiger partial charge in [0.1, 0.15) is 0 Å². The lowest BCUT2D eigenvalue weighted by atomic mass is 10.1. The fraction of sp³-hybridized carbons (Fsp3) is 0.875. The van der Waals surface area contributed by atoms with E-state index in [4.69, 9.17) is 10.5 Å². The van der Waals surface area contributed by atoms with Crippen LogP contribution in [0.2, 0.25) is 0 Å². The van der Waals surface area contributed by atoms with Gasteiger partial charge in [-0.25, -0.2) is 0 Å². The molecule has 0 atom stereocenters. The van der Waals surface area contributed by atoms with E-state index in [-0.39, 0.29) is 5.60 Å². The molecule has 1 rings (SSSR count). The van der Waals surface area contributed by atoms with Gasteiger partial charge in [-0.3, -0.25) is 4.99 Å². The first-order valence-electron chi connectivity index (χ1n) is 4.16. The van der Waals surface area contributed by atoms with Crippen molar-refractivity contribution in [3.63, 3.8) is 0 Å². The van der Waals surface area contributed by atoms with Gasteiger partial charge in [-0.2, -0.15) is 0 Å². The van der Waals surface area contributed by atoms with Gasteiger partial charge in [-0.05, 0) is 13.8 Å². The van der Waals surface area contributed by atoms with E-state index in [1.165, 1.54) is 0 Å². The van der Waals surface area contributed by atoms with Crippen molar-refractivity contribution in [3.8, 4) is 0 Å². The lowest BCUT2D eigenvalue weighted by molar-refractivity contribution is -0.0680. The van der Waals surface area contributed by atoms with Crippen molar-refractivity contribution < 1.29 is 4.74 Å². The fourth-order valence-corrected chi connectivity index (χ4v) is 1.35. The van der Waals surface area contributed by atoms with Crippen molar-refractivity contribution in [3.05, 3.63) is 0 Å². The summed E-state index contributed by atoms with van der Waals surface area (Å²) in [7, 11) is 1.71. The van der Waals surface area contributed by atoms with Gasteiger partial charge in [-0.1, -0.05) is 0 Å². The second-order valence-electron chi connectivity index (χ2n) is 3.61. The molecule has 0 aromatic heterocycles. The summed E-state index contributed by atoms with van der Waals surface area (Å²) in [6, 6.07) is 0. The van der Waals surface area contributed by atoms with E-state index in [1.807, 2.05) is 4.90 Å². The van der Waals surface area contributed by atoms with Gasteiger partial charge in [0.15, 0.2) is 5.96 Å². The standard InChI is InChI=1S/C8H17N3O/c1-8(2)6-11(4-5-12-8)7(9)10-3/h4-6H2,1-3H3,(H2,9,10). The molecule has 1 saturated heterocycles. The Morgan fingerprint density at radius 3 is 2.75 bits per heavy atom. The maximum atomic E-state index is 5.69. The Morgan fingerprint density at radius 2 is 2.25 bits per heavy atom. The van der Waals surface area contributed by atoms with Crippen LogP contribution in [0.25, 0.3) is 0 Å². The maximum Gasteiger partial charge on any atom is 0.191 e. The molecular formula is C8H17N3O. The molecule has 0 aromatic carbocycles. The predicted octanol–water partition coefficient (Wildman–Crippen LogP) is 0.0417. The van der Waals surface area contributed by atoms with Crippen LogP contribution in [0.5, 0.6) is 0 Å². The van der Waals surface area contributed by atoms with Crippen molar-refractivity contribution in [2.45, 2.75) is 19.4 Å². The second kappa shape index (κ2) is 3.31. The number of guanidine groups is 1. The van der Waals surface area contributed by atoms with Gasteiger partial charge in [0.2, 0.25) is 0 Å². The van der Waals surface area contributed by atoms with Gasteiger partial charge < -0.3 is 15.4 Å². The molecule has 4 nitrogen and oxygen atoms in total. The largest absolute Gasteiger partial charge is 0.372 e. The van der Waals surface area contributed by atoms with Crippen molar-refractivity contribution in [1.82, 2.24) is 4.90 Å². The smallest absolute Gasteiger partial charge is 0.191 e. The quantitative estimate of drug-likeness (QED) is 0.413. The second-order valence-corrected chi connectivity index (χ2v) is 3.61. The minimum absolute atomic E-state index is 0.104. The monoisotopic (exact) mass is 171 g/mol. The Morgan fingerprint density at radius 1 is 1.58 bits per heavy atom. The van der Waals surface area contributed by atoms with Gasteiger partial charge in [0.25, 0.3) is 0 Å². The summed E-state index contributed by atoms with van der Waals surface area (Å²) in [6.45, 7) is 6.50. The van der Waals surface area contributed by atoms with Crippen molar-refractivity contribution in [1.29, 1.82) is 0 Å². The number of nitrogens with two attached hydrogens (primary N) is 1. The molecule has 0 amide bonds. The van der Waals surface area contributed by atoms with Crippen LogP contribution in [0, 0.1) is 0 Å². The molecule has 2 N–H and O–H groups in total. The van der Waals surface area contributed by atoms with Crippen LogP contribution in [0.1, 0.15) is 13.8 Å². The lowest BCUT2D eigenvalue weighted by Gasteiger charge is -2.38. The number of aliphatic imine (C=N–C) groups is 1. The van der Waals surface area contributed by atoms with Crippen LogP contribution in [0.3, 0.4) is 0 Å². The zero-order valence-corrected chi connectivity index (χ0v) is 8.00. The lowest BCUT2D eigenvalue weighted by Crippen LogP contribution is -2.52. The average molecular weight is 171 g/mol. The van der Waals surface area contributed by atoms with Crippen LogP contribution in [-0.4, -0.2) is 43.2 Å². The molecule has 1 aliphatic heterocycles. The first-order chi connectivity index (χ1) is 5.55. The summed E-state index contributed by atoms with van der Waals surface area (Å²) < 4.78 is 5.54. The summed E-state index contributed by atoms with van der Waals surface area (Å²) in [5.41, 5.74) is 5.59. The van der Waals surface area contributed by atoms with Gasteiger partial charge in [-0.15, -0.1) is 0 Å². The van der Waals surface area contributed by atoms with E-state index >= 15 is 0 Å². The SMILES string of the molecule is CN=C(N)N1CCOC(C)(C)C1.